The number of hydrogen-bond donors (Lipinski definition) is 1. The van der Waals surface area contributed by atoms with Crippen LogP contribution in [0, 0.1) is 0 Å². The van der Waals surface area contributed by atoms with Crippen LogP contribution in [-0.2, 0) is 13.0 Å². The maximum atomic E-state index is 5.98. The largest absolute Gasteiger partial charge is 0.438 e. The molecule has 100 valence electrons. The molecule has 0 atom stereocenters. The molecule has 0 bridgehead atoms. The summed E-state index contributed by atoms with van der Waals surface area (Å²) in [4.78, 5) is 4.34. The number of para-hydroxylation sites is 1. The van der Waals surface area contributed by atoms with Gasteiger partial charge in [0.05, 0.1) is 0 Å². The molecule has 19 heavy (non-hydrogen) atoms. The van der Waals surface area contributed by atoms with E-state index in [0.29, 0.717) is 5.88 Å². The predicted molar refractivity (Wildman–Crippen MR) is 77.5 cm³/mol. The molecule has 0 aliphatic carbocycles. The highest BCUT2D eigenvalue weighted by Crippen LogP contribution is 2.26. The molecule has 0 spiro atoms. The van der Waals surface area contributed by atoms with Crippen LogP contribution in [0.15, 0.2) is 42.6 Å². The van der Waals surface area contributed by atoms with E-state index in [1.54, 1.807) is 6.20 Å². The second-order valence-corrected chi connectivity index (χ2v) is 4.31. The number of pyridine rings is 1. The highest BCUT2D eigenvalue weighted by Gasteiger charge is 2.07. The molecule has 0 aliphatic heterocycles. The summed E-state index contributed by atoms with van der Waals surface area (Å²) in [6.45, 7) is 5.91. The van der Waals surface area contributed by atoms with Crippen molar-refractivity contribution in [1.29, 1.82) is 0 Å². The van der Waals surface area contributed by atoms with Crippen molar-refractivity contribution in [3.05, 3.63) is 53.7 Å². The minimum Gasteiger partial charge on any atom is -0.438 e. The minimum atomic E-state index is 0.685. The van der Waals surface area contributed by atoms with Crippen molar-refractivity contribution >= 4 is 0 Å². The zero-order valence-electron chi connectivity index (χ0n) is 11.5. The maximum Gasteiger partial charge on any atom is 0.223 e. The molecule has 0 saturated heterocycles. The Labute approximate surface area is 114 Å². The Bertz CT molecular complexity index is 526. The molecule has 0 unspecified atom stereocenters. The molecule has 0 amide bonds. The summed E-state index contributed by atoms with van der Waals surface area (Å²) < 4.78 is 5.98. The highest BCUT2D eigenvalue weighted by atomic mass is 16.5. The van der Waals surface area contributed by atoms with Gasteiger partial charge in [0, 0.05) is 18.3 Å². The van der Waals surface area contributed by atoms with E-state index in [0.717, 1.165) is 30.8 Å². The fourth-order valence-electron chi connectivity index (χ4n) is 1.91. The molecule has 3 nitrogen and oxygen atoms in total. The van der Waals surface area contributed by atoms with Gasteiger partial charge in [-0.3, -0.25) is 0 Å². The van der Waals surface area contributed by atoms with Crippen molar-refractivity contribution < 1.29 is 4.74 Å². The van der Waals surface area contributed by atoms with Gasteiger partial charge in [-0.1, -0.05) is 38.1 Å². The van der Waals surface area contributed by atoms with Crippen LogP contribution in [0.3, 0.4) is 0 Å². The van der Waals surface area contributed by atoms with E-state index in [2.05, 4.69) is 30.2 Å². The van der Waals surface area contributed by atoms with Crippen molar-refractivity contribution in [2.24, 2.45) is 0 Å². The Morgan fingerprint density at radius 1 is 1.05 bits per heavy atom. The molecule has 3 heteroatoms. The average molecular weight is 256 g/mol. The number of ether oxygens (including phenoxy) is 1. The van der Waals surface area contributed by atoms with Gasteiger partial charge in [0.1, 0.15) is 5.75 Å². The van der Waals surface area contributed by atoms with Crippen molar-refractivity contribution in [2.75, 3.05) is 6.54 Å². The Balaban J connectivity index is 2.22. The predicted octanol–water partition coefficient (Wildman–Crippen LogP) is 3.55. The molecule has 1 aromatic carbocycles. The lowest BCUT2D eigenvalue weighted by molar-refractivity contribution is 0.448. The number of nitrogens with zero attached hydrogens (tertiary/aromatic N) is 1. The zero-order chi connectivity index (χ0) is 13.5. The lowest BCUT2D eigenvalue weighted by Gasteiger charge is -2.12. The standard InChI is InChI=1S/C16H20N2O/c1-3-13-8-5-6-10-15(13)19-16-14(12-17-4-2)9-7-11-18-16/h5-11,17H,3-4,12H2,1-2H3. The third-order valence-corrected chi connectivity index (χ3v) is 2.98. The van der Waals surface area contributed by atoms with E-state index < -0.39 is 0 Å². The van der Waals surface area contributed by atoms with Crippen LogP contribution in [0.1, 0.15) is 25.0 Å². The summed E-state index contributed by atoms with van der Waals surface area (Å²) in [5.74, 6) is 1.57. The van der Waals surface area contributed by atoms with Gasteiger partial charge < -0.3 is 10.1 Å². The smallest absolute Gasteiger partial charge is 0.223 e. The van der Waals surface area contributed by atoms with Crippen LogP contribution in [0.2, 0.25) is 0 Å². The first-order valence-corrected chi connectivity index (χ1v) is 6.75. The van der Waals surface area contributed by atoms with E-state index >= 15 is 0 Å². The van der Waals surface area contributed by atoms with E-state index in [-0.39, 0.29) is 0 Å². The number of rotatable bonds is 6. The van der Waals surface area contributed by atoms with Crippen LogP contribution in [0.4, 0.5) is 0 Å². The summed E-state index contributed by atoms with van der Waals surface area (Å²) >= 11 is 0. The first kappa shape index (κ1) is 13.6. The third kappa shape index (κ3) is 3.55. The molecule has 0 fully saturated rings. The van der Waals surface area contributed by atoms with Gasteiger partial charge in [0.15, 0.2) is 0 Å². The van der Waals surface area contributed by atoms with Gasteiger partial charge in [-0.25, -0.2) is 4.98 Å². The molecule has 1 heterocycles. The van der Waals surface area contributed by atoms with E-state index in [9.17, 15) is 0 Å². The van der Waals surface area contributed by atoms with Gasteiger partial charge in [-0.05, 0) is 30.7 Å². The normalized spacial score (nSPS) is 10.4. The number of aryl methyl sites for hydroxylation is 1. The Kier molecular flexibility index (Phi) is 4.93. The zero-order valence-corrected chi connectivity index (χ0v) is 11.5. The molecule has 1 aromatic heterocycles. The summed E-state index contributed by atoms with van der Waals surface area (Å²) in [5, 5.41) is 3.30. The number of nitrogens with one attached hydrogen (secondary N) is 1. The molecule has 0 radical (unpaired) electrons. The van der Waals surface area contributed by atoms with Gasteiger partial charge in [0.25, 0.3) is 0 Å². The van der Waals surface area contributed by atoms with Crippen LogP contribution >= 0.6 is 0 Å². The van der Waals surface area contributed by atoms with Gasteiger partial charge in [-0.2, -0.15) is 0 Å². The average Bonchev–Trinajstić information content (AvgIpc) is 2.47. The molecule has 2 rings (SSSR count). The third-order valence-electron chi connectivity index (χ3n) is 2.98. The van der Waals surface area contributed by atoms with Gasteiger partial charge in [-0.15, -0.1) is 0 Å². The Hall–Kier alpha value is -1.87. The van der Waals surface area contributed by atoms with Gasteiger partial charge in [0.2, 0.25) is 5.88 Å². The van der Waals surface area contributed by atoms with Crippen LogP contribution in [0.25, 0.3) is 0 Å². The van der Waals surface area contributed by atoms with Crippen LogP contribution in [0.5, 0.6) is 11.6 Å². The lowest BCUT2D eigenvalue weighted by atomic mass is 10.1. The van der Waals surface area contributed by atoms with Gasteiger partial charge >= 0.3 is 0 Å². The first-order chi connectivity index (χ1) is 9.35. The molecule has 0 aliphatic rings. The number of aromatic nitrogens is 1. The van der Waals surface area contributed by atoms with E-state index in [1.165, 1.54) is 5.56 Å². The monoisotopic (exact) mass is 256 g/mol. The molecular formula is C16H20N2O. The summed E-state index contributed by atoms with van der Waals surface area (Å²) in [5.41, 5.74) is 2.28. The fraction of sp³-hybridized carbons (Fsp3) is 0.312. The van der Waals surface area contributed by atoms with Crippen LogP contribution in [-0.4, -0.2) is 11.5 Å². The number of benzene rings is 1. The van der Waals surface area contributed by atoms with Crippen molar-refractivity contribution in [1.82, 2.24) is 10.3 Å². The maximum absolute atomic E-state index is 5.98. The number of hydrogen-bond acceptors (Lipinski definition) is 3. The molecular weight excluding hydrogens is 236 g/mol. The summed E-state index contributed by atoms with van der Waals surface area (Å²) in [6, 6.07) is 12.1. The SMILES string of the molecule is CCNCc1cccnc1Oc1ccccc1CC. The van der Waals surface area contributed by atoms with Crippen molar-refractivity contribution in [3.8, 4) is 11.6 Å². The van der Waals surface area contributed by atoms with E-state index in [1.807, 2.05) is 30.3 Å². The Morgan fingerprint density at radius 3 is 2.63 bits per heavy atom. The second-order valence-electron chi connectivity index (χ2n) is 4.31. The quantitative estimate of drug-likeness (QED) is 0.858. The van der Waals surface area contributed by atoms with Crippen LogP contribution < -0.4 is 10.1 Å². The second kappa shape index (κ2) is 6.90. The van der Waals surface area contributed by atoms with E-state index in [4.69, 9.17) is 4.74 Å². The summed E-state index contributed by atoms with van der Waals surface area (Å²) in [6.07, 6.45) is 2.71. The minimum absolute atomic E-state index is 0.685. The molecule has 2 aromatic rings. The lowest BCUT2D eigenvalue weighted by Crippen LogP contribution is -2.12. The summed E-state index contributed by atoms with van der Waals surface area (Å²) in [7, 11) is 0. The topological polar surface area (TPSA) is 34.2 Å². The first-order valence-electron chi connectivity index (χ1n) is 6.75. The Morgan fingerprint density at radius 2 is 1.84 bits per heavy atom. The van der Waals surface area contributed by atoms with Crippen molar-refractivity contribution in [2.45, 2.75) is 26.8 Å². The highest BCUT2D eigenvalue weighted by molar-refractivity contribution is 5.38. The molecule has 1 N–H and O–H groups in total. The molecule has 0 saturated carbocycles. The van der Waals surface area contributed by atoms with Crippen molar-refractivity contribution in [3.63, 3.8) is 0 Å². The fourth-order valence-corrected chi connectivity index (χ4v) is 1.91.